The van der Waals surface area contributed by atoms with Crippen molar-refractivity contribution in [3.8, 4) is 0 Å². The number of anilines is 1. The van der Waals surface area contributed by atoms with Crippen LogP contribution < -0.4 is 10.2 Å². The van der Waals surface area contributed by atoms with Crippen LogP contribution in [0.4, 0.5) is 5.13 Å². The predicted molar refractivity (Wildman–Crippen MR) is 108 cm³/mol. The highest BCUT2D eigenvalue weighted by molar-refractivity contribution is 14.0. The molecule has 0 radical (unpaired) electrons. The maximum Gasteiger partial charge on any atom is 0.310 e. The molecule has 2 rings (SSSR count). The van der Waals surface area contributed by atoms with Crippen molar-refractivity contribution in [2.24, 2.45) is 16.8 Å². The molecule has 1 fully saturated rings. The molecule has 0 saturated carbocycles. The molecule has 0 bridgehead atoms. The minimum Gasteiger partial charge on any atom is -0.469 e. The first-order chi connectivity index (χ1) is 11.0. The van der Waals surface area contributed by atoms with Gasteiger partial charge in [0, 0.05) is 39.6 Å². The number of carbonyl (C=O) groups excluding carboxylic acids is 1. The fourth-order valence-corrected chi connectivity index (χ4v) is 3.44. The highest BCUT2D eigenvalue weighted by Gasteiger charge is 2.36. The highest BCUT2D eigenvalue weighted by atomic mass is 127. The fourth-order valence-electron chi connectivity index (χ4n) is 2.68. The van der Waals surface area contributed by atoms with Crippen LogP contribution in [0.15, 0.2) is 10.4 Å². The Balaban J connectivity index is 0.00000288. The lowest BCUT2D eigenvalue weighted by molar-refractivity contribution is -0.145. The Hall–Kier alpha value is -1.10. The molecule has 1 aliphatic rings. The van der Waals surface area contributed by atoms with E-state index in [1.165, 1.54) is 7.11 Å². The van der Waals surface area contributed by atoms with Gasteiger partial charge in [-0.1, -0.05) is 6.92 Å². The van der Waals surface area contributed by atoms with E-state index in [-0.39, 0.29) is 41.8 Å². The summed E-state index contributed by atoms with van der Waals surface area (Å²) in [5.41, 5.74) is 0.983. The van der Waals surface area contributed by atoms with Gasteiger partial charge >= 0.3 is 5.97 Å². The summed E-state index contributed by atoms with van der Waals surface area (Å²) in [6.07, 6.45) is 0. The molecule has 1 N–H and O–H groups in total. The van der Waals surface area contributed by atoms with Crippen molar-refractivity contribution < 1.29 is 9.53 Å². The van der Waals surface area contributed by atoms with Gasteiger partial charge in [-0.25, -0.2) is 4.98 Å². The van der Waals surface area contributed by atoms with Crippen LogP contribution in [0.5, 0.6) is 0 Å². The average Bonchev–Trinajstić information content (AvgIpc) is 3.14. The molecular formula is C15H26IN5O2S. The number of rotatable bonds is 4. The molecule has 7 nitrogen and oxygen atoms in total. The van der Waals surface area contributed by atoms with Gasteiger partial charge in [0.25, 0.3) is 0 Å². The quantitative estimate of drug-likeness (QED) is 0.314. The van der Waals surface area contributed by atoms with E-state index in [0.29, 0.717) is 13.1 Å². The van der Waals surface area contributed by atoms with Crippen LogP contribution in [-0.4, -0.2) is 63.2 Å². The SMILES string of the molecule is CN=C(NCc1csc(N(C)C)n1)N1CC(C)C(C(=O)OC)C1.I. The van der Waals surface area contributed by atoms with Gasteiger partial charge in [-0.15, -0.1) is 35.3 Å². The van der Waals surface area contributed by atoms with Gasteiger partial charge in [-0.05, 0) is 5.92 Å². The minimum absolute atomic E-state index is 0. The molecule has 1 aromatic rings. The highest BCUT2D eigenvalue weighted by Crippen LogP contribution is 2.24. The summed E-state index contributed by atoms with van der Waals surface area (Å²) in [6.45, 7) is 4.11. The van der Waals surface area contributed by atoms with Gasteiger partial charge in [-0.2, -0.15) is 0 Å². The van der Waals surface area contributed by atoms with E-state index in [0.717, 1.165) is 23.3 Å². The Morgan fingerprint density at radius 1 is 1.54 bits per heavy atom. The second-order valence-electron chi connectivity index (χ2n) is 5.93. The lowest BCUT2D eigenvalue weighted by atomic mass is 9.99. The van der Waals surface area contributed by atoms with E-state index in [4.69, 9.17) is 4.74 Å². The molecule has 2 heterocycles. The van der Waals surface area contributed by atoms with E-state index in [9.17, 15) is 4.79 Å². The fraction of sp³-hybridized carbons (Fsp3) is 0.667. The van der Waals surface area contributed by atoms with Crippen LogP contribution in [0.25, 0.3) is 0 Å². The first-order valence-electron chi connectivity index (χ1n) is 7.61. The van der Waals surface area contributed by atoms with Crippen LogP contribution in [-0.2, 0) is 16.1 Å². The number of esters is 1. The van der Waals surface area contributed by atoms with Crippen LogP contribution in [0, 0.1) is 11.8 Å². The Kier molecular flexibility index (Phi) is 8.20. The van der Waals surface area contributed by atoms with E-state index in [1.807, 2.05) is 24.4 Å². The number of ether oxygens (including phenoxy) is 1. The van der Waals surface area contributed by atoms with Crippen molar-refractivity contribution in [3.63, 3.8) is 0 Å². The summed E-state index contributed by atoms with van der Waals surface area (Å²) in [4.78, 5) is 24.8. The Bertz CT molecular complexity index is 578. The molecule has 1 saturated heterocycles. The molecule has 136 valence electrons. The van der Waals surface area contributed by atoms with Gasteiger partial charge in [0.15, 0.2) is 11.1 Å². The normalized spacial score (nSPS) is 20.5. The zero-order chi connectivity index (χ0) is 17.0. The molecular weight excluding hydrogens is 441 g/mol. The predicted octanol–water partition coefficient (Wildman–Crippen LogP) is 1.64. The maximum absolute atomic E-state index is 11.8. The zero-order valence-electron chi connectivity index (χ0n) is 14.8. The molecule has 0 aromatic carbocycles. The Morgan fingerprint density at radius 2 is 2.25 bits per heavy atom. The van der Waals surface area contributed by atoms with E-state index in [2.05, 4.69) is 27.1 Å². The van der Waals surface area contributed by atoms with Gasteiger partial charge < -0.3 is 19.9 Å². The van der Waals surface area contributed by atoms with Crippen LogP contribution in [0.3, 0.4) is 0 Å². The third kappa shape index (κ3) is 4.95. The van der Waals surface area contributed by atoms with Crippen molar-refractivity contribution in [1.29, 1.82) is 0 Å². The lowest BCUT2D eigenvalue weighted by Crippen LogP contribution is -2.40. The molecule has 0 amide bonds. The largest absolute Gasteiger partial charge is 0.469 e. The molecule has 1 aromatic heterocycles. The second-order valence-corrected chi connectivity index (χ2v) is 6.77. The van der Waals surface area contributed by atoms with E-state index >= 15 is 0 Å². The summed E-state index contributed by atoms with van der Waals surface area (Å²) in [5.74, 6) is 0.798. The average molecular weight is 467 g/mol. The molecule has 0 aliphatic carbocycles. The Labute approximate surface area is 164 Å². The third-order valence-electron chi connectivity index (χ3n) is 3.98. The smallest absolute Gasteiger partial charge is 0.310 e. The zero-order valence-corrected chi connectivity index (χ0v) is 17.9. The molecule has 1 aliphatic heterocycles. The first-order valence-corrected chi connectivity index (χ1v) is 8.49. The third-order valence-corrected chi connectivity index (χ3v) is 5.03. The maximum atomic E-state index is 11.8. The van der Waals surface area contributed by atoms with Crippen molar-refractivity contribution in [2.75, 3.05) is 46.2 Å². The topological polar surface area (TPSA) is 70.1 Å². The van der Waals surface area contributed by atoms with Crippen molar-refractivity contribution >= 4 is 52.4 Å². The van der Waals surface area contributed by atoms with Gasteiger partial charge in [0.2, 0.25) is 0 Å². The number of likely N-dealkylation sites (tertiary alicyclic amines) is 1. The van der Waals surface area contributed by atoms with Crippen LogP contribution in [0.1, 0.15) is 12.6 Å². The molecule has 9 heteroatoms. The van der Waals surface area contributed by atoms with Crippen LogP contribution >= 0.6 is 35.3 Å². The summed E-state index contributed by atoms with van der Waals surface area (Å²) in [5, 5.41) is 6.35. The summed E-state index contributed by atoms with van der Waals surface area (Å²) in [7, 11) is 7.15. The standard InChI is InChI=1S/C15H25N5O2S.HI/c1-10-7-20(8-12(10)13(21)22-5)14(16-2)17-6-11-9-23-15(18-11)19(3)4;/h9-10,12H,6-8H2,1-5H3,(H,16,17);1H. The van der Waals surface area contributed by atoms with Crippen LogP contribution in [0.2, 0.25) is 0 Å². The van der Waals surface area contributed by atoms with Crippen molar-refractivity contribution in [1.82, 2.24) is 15.2 Å². The molecule has 0 spiro atoms. The number of nitrogens with one attached hydrogen (secondary N) is 1. The number of thiazole rings is 1. The second kappa shape index (κ2) is 9.40. The number of hydrogen-bond acceptors (Lipinski definition) is 6. The lowest BCUT2D eigenvalue weighted by Gasteiger charge is -2.21. The molecule has 2 atom stereocenters. The monoisotopic (exact) mass is 467 g/mol. The first kappa shape index (κ1) is 20.9. The number of nitrogens with zero attached hydrogens (tertiary/aromatic N) is 4. The van der Waals surface area contributed by atoms with Gasteiger partial charge in [-0.3, -0.25) is 9.79 Å². The number of carbonyl (C=O) groups is 1. The number of hydrogen-bond donors (Lipinski definition) is 1. The van der Waals surface area contributed by atoms with Gasteiger partial charge in [0.05, 0.1) is 25.3 Å². The number of halogens is 1. The minimum atomic E-state index is -0.148. The van der Waals surface area contributed by atoms with Gasteiger partial charge in [0.1, 0.15) is 0 Å². The number of aromatic nitrogens is 1. The molecule has 24 heavy (non-hydrogen) atoms. The summed E-state index contributed by atoms with van der Waals surface area (Å²) < 4.78 is 4.88. The summed E-state index contributed by atoms with van der Waals surface area (Å²) in [6, 6.07) is 0. The summed E-state index contributed by atoms with van der Waals surface area (Å²) >= 11 is 1.62. The van der Waals surface area contributed by atoms with E-state index < -0.39 is 0 Å². The van der Waals surface area contributed by atoms with Crippen molar-refractivity contribution in [3.05, 3.63) is 11.1 Å². The number of guanidine groups is 1. The van der Waals surface area contributed by atoms with Crippen molar-refractivity contribution in [2.45, 2.75) is 13.5 Å². The number of aliphatic imine (C=N–C) groups is 1. The molecule has 2 unspecified atom stereocenters. The Morgan fingerprint density at radius 3 is 2.79 bits per heavy atom. The van der Waals surface area contributed by atoms with E-state index in [1.54, 1.807) is 18.4 Å². The number of methoxy groups -OCH3 is 1.